The van der Waals surface area contributed by atoms with Crippen LogP contribution in [0.5, 0.6) is 5.75 Å². The third-order valence-corrected chi connectivity index (χ3v) is 5.27. The van der Waals surface area contributed by atoms with Crippen molar-refractivity contribution in [2.45, 2.75) is 25.3 Å². The smallest absolute Gasteiger partial charge is 0.269 e. The molecule has 166 valence electrons. The van der Waals surface area contributed by atoms with Gasteiger partial charge in [-0.25, -0.2) is 0 Å². The van der Waals surface area contributed by atoms with Crippen LogP contribution in [0, 0.1) is 6.92 Å². The lowest BCUT2D eigenvalue weighted by atomic mass is 10.1. The number of benzene rings is 3. The first-order valence-electron chi connectivity index (χ1n) is 10.3. The maximum absolute atomic E-state index is 12.3. The summed E-state index contributed by atoms with van der Waals surface area (Å²) in [5, 5.41) is 3.19. The minimum absolute atomic E-state index is 0.128. The molecule has 1 atom stereocenters. The number of alkyl halides is 1. The van der Waals surface area contributed by atoms with E-state index in [0.717, 1.165) is 12.0 Å². The first kappa shape index (κ1) is 23.6. The van der Waals surface area contributed by atoms with Crippen LogP contribution in [0.1, 0.15) is 27.0 Å². The molecule has 3 aromatic carbocycles. The number of hydrogen-bond donors (Lipinski definition) is 3. The molecule has 0 aromatic heterocycles. The van der Waals surface area contributed by atoms with E-state index in [1.54, 1.807) is 24.3 Å². The molecule has 0 bridgehead atoms. The van der Waals surface area contributed by atoms with Gasteiger partial charge in [-0.3, -0.25) is 15.6 Å². The summed E-state index contributed by atoms with van der Waals surface area (Å²) in [5.41, 5.74) is 9.23. The number of nitrogens with one attached hydrogen (secondary N) is 3. The lowest BCUT2D eigenvalue weighted by Gasteiger charge is -2.15. The van der Waals surface area contributed by atoms with Crippen molar-refractivity contribution in [1.82, 2.24) is 16.2 Å². The second kappa shape index (κ2) is 12.1. The van der Waals surface area contributed by atoms with E-state index in [2.05, 4.69) is 47.4 Å². The van der Waals surface area contributed by atoms with E-state index in [0.29, 0.717) is 29.6 Å². The molecule has 3 aromatic rings. The quantitative estimate of drug-likeness (QED) is 0.258. The molecule has 1 amide bonds. The fourth-order valence-corrected chi connectivity index (χ4v) is 3.32. The Morgan fingerprint density at radius 3 is 2.31 bits per heavy atom. The third-order valence-electron chi connectivity index (χ3n) is 4.72. The Hall–Kier alpha value is -3.09. The zero-order valence-electron chi connectivity index (χ0n) is 17.8. The van der Waals surface area contributed by atoms with Crippen molar-refractivity contribution in [1.29, 1.82) is 0 Å². The van der Waals surface area contributed by atoms with E-state index in [4.69, 9.17) is 28.6 Å². The summed E-state index contributed by atoms with van der Waals surface area (Å²) in [5.74, 6) is 0.392. The number of thiocarbonyl (C=S) groups is 1. The van der Waals surface area contributed by atoms with Crippen molar-refractivity contribution in [3.05, 3.63) is 101 Å². The molecular weight excluding hydrogens is 442 g/mol. The molecule has 0 heterocycles. The Bertz CT molecular complexity index is 1010. The maximum Gasteiger partial charge on any atom is 0.269 e. The Kier molecular flexibility index (Phi) is 8.90. The summed E-state index contributed by atoms with van der Waals surface area (Å²) >= 11 is 11.6. The molecular formula is C25H26ClN3O2S. The molecule has 0 unspecified atom stereocenters. The van der Waals surface area contributed by atoms with Gasteiger partial charge in [0.25, 0.3) is 5.91 Å². The van der Waals surface area contributed by atoms with Gasteiger partial charge < -0.3 is 10.1 Å². The zero-order valence-corrected chi connectivity index (χ0v) is 19.4. The van der Waals surface area contributed by atoms with Crippen LogP contribution >= 0.6 is 23.8 Å². The second-order valence-corrected chi connectivity index (χ2v) is 8.40. The van der Waals surface area contributed by atoms with Gasteiger partial charge >= 0.3 is 0 Å². The summed E-state index contributed by atoms with van der Waals surface area (Å²) < 4.78 is 5.74. The van der Waals surface area contributed by atoms with Gasteiger partial charge in [-0.15, -0.1) is 11.6 Å². The van der Waals surface area contributed by atoms with Crippen LogP contribution in [-0.2, 0) is 13.0 Å². The van der Waals surface area contributed by atoms with E-state index < -0.39 is 0 Å². The van der Waals surface area contributed by atoms with Crippen LogP contribution < -0.4 is 20.9 Å². The number of carbonyl (C=O) groups excluding carboxylic acids is 1. The van der Waals surface area contributed by atoms with Gasteiger partial charge in [0.2, 0.25) is 0 Å². The summed E-state index contributed by atoms with van der Waals surface area (Å²) in [7, 11) is 0. The van der Waals surface area contributed by atoms with Gasteiger partial charge in [-0.1, -0.05) is 60.2 Å². The van der Waals surface area contributed by atoms with Crippen LogP contribution in [0.3, 0.4) is 0 Å². The number of carbonyl (C=O) groups is 1. The highest BCUT2D eigenvalue weighted by atomic mass is 35.5. The van der Waals surface area contributed by atoms with Crippen molar-refractivity contribution in [3.8, 4) is 5.75 Å². The Morgan fingerprint density at radius 1 is 0.938 bits per heavy atom. The molecule has 0 aliphatic rings. The van der Waals surface area contributed by atoms with E-state index in [1.807, 2.05) is 30.3 Å². The van der Waals surface area contributed by atoms with Gasteiger partial charge in [-0.2, -0.15) is 0 Å². The summed E-state index contributed by atoms with van der Waals surface area (Å²) in [4.78, 5) is 12.3. The fourth-order valence-electron chi connectivity index (χ4n) is 2.93. The van der Waals surface area contributed by atoms with Crippen molar-refractivity contribution in [3.63, 3.8) is 0 Å². The molecule has 7 heteroatoms. The molecule has 0 radical (unpaired) electrons. The van der Waals surface area contributed by atoms with Crippen LogP contribution in [0.25, 0.3) is 0 Å². The van der Waals surface area contributed by atoms with Gasteiger partial charge in [0.05, 0.1) is 5.38 Å². The van der Waals surface area contributed by atoms with Crippen LogP contribution in [0.2, 0.25) is 0 Å². The number of halogens is 1. The Labute approximate surface area is 199 Å². The molecule has 0 fully saturated rings. The molecule has 0 saturated heterocycles. The van der Waals surface area contributed by atoms with Crippen molar-refractivity contribution in [2.75, 3.05) is 6.54 Å². The predicted molar refractivity (Wildman–Crippen MR) is 133 cm³/mol. The topological polar surface area (TPSA) is 62.4 Å². The molecule has 0 aliphatic carbocycles. The summed E-state index contributed by atoms with van der Waals surface area (Å²) in [6, 6.07) is 25.1. The summed E-state index contributed by atoms with van der Waals surface area (Å²) in [6.07, 6.45) is 0.725. The maximum atomic E-state index is 12.3. The van der Waals surface area contributed by atoms with Crippen LogP contribution in [0.15, 0.2) is 78.9 Å². The normalized spacial score (nSPS) is 11.3. The largest absolute Gasteiger partial charge is 0.489 e. The SMILES string of the molecule is Cc1ccc(C[C@@H](Cl)CNC(=S)NNC(=O)c2ccc(OCc3ccccc3)cc2)cc1. The molecule has 5 nitrogen and oxygen atoms in total. The van der Waals surface area contributed by atoms with Crippen molar-refractivity contribution < 1.29 is 9.53 Å². The minimum atomic E-state index is -0.300. The predicted octanol–water partition coefficient (Wildman–Crippen LogP) is 4.53. The van der Waals surface area contributed by atoms with E-state index in [1.165, 1.54) is 11.1 Å². The van der Waals surface area contributed by atoms with Crippen molar-refractivity contribution >= 4 is 34.8 Å². The highest BCUT2D eigenvalue weighted by Gasteiger charge is 2.09. The van der Waals surface area contributed by atoms with Gasteiger partial charge in [0, 0.05) is 12.1 Å². The number of ether oxygens (including phenoxy) is 1. The molecule has 3 N–H and O–H groups in total. The van der Waals surface area contributed by atoms with Crippen LogP contribution in [0.4, 0.5) is 0 Å². The highest BCUT2D eigenvalue weighted by Crippen LogP contribution is 2.14. The van der Waals surface area contributed by atoms with E-state index >= 15 is 0 Å². The van der Waals surface area contributed by atoms with Crippen molar-refractivity contribution in [2.24, 2.45) is 0 Å². The second-order valence-electron chi connectivity index (χ2n) is 7.37. The average Bonchev–Trinajstić information content (AvgIpc) is 2.82. The van der Waals surface area contributed by atoms with E-state index in [-0.39, 0.29) is 11.3 Å². The molecule has 3 rings (SSSR count). The molecule has 0 spiro atoms. The van der Waals surface area contributed by atoms with Crippen LogP contribution in [-0.4, -0.2) is 22.9 Å². The monoisotopic (exact) mass is 467 g/mol. The Balaban J connectivity index is 1.36. The zero-order chi connectivity index (χ0) is 22.8. The standard InChI is InChI=1S/C25H26ClN3O2S/c1-18-7-9-19(10-8-18)15-22(26)16-27-25(32)29-28-24(30)21-11-13-23(14-12-21)31-17-20-5-3-2-4-6-20/h2-14,22H,15-17H2,1H3,(H,28,30)(H2,27,29,32)/t22-/m1/s1. The Morgan fingerprint density at radius 2 is 1.62 bits per heavy atom. The number of hydrogen-bond acceptors (Lipinski definition) is 3. The minimum Gasteiger partial charge on any atom is -0.489 e. The van der Waals surface area contributed by atoms with Gasteiger partial charge in [0.1, 0.15) is 12.4 Å². The summed E-state index contributed by atoms with van der Waals surface area (Å²) in [6.45, 7) is 3.00. The number of hydrazine groups is 1. The van der Waals surface area contributed by atoms with Gasteiger partial charge in [-0.05, 0) is 61.0 Å². The number of amides is 1. The third kappa shape index (κ3) is 7.87. The molecule has 32 heavy (non-hydrogen) atoms. The van der Waals surface area contributed by atoms with E-state index in [9.17, 15) is 4.79 Å². The average molecular weight is 468 g/mol. The first-order chi connectivity index (χ1) is 15.5. The lowest BCUT2D eigenvalue weighted by molar-refractivity contribution is 0.0943. The number of aryl methyl sites for hydroxylation is 1. The molecule has 0 aliphatic heterocycles. The molecule has 0 saturated carbocycles. The van der Waals surface area contributed by atoms with Gasteiger partial charge in [0.15, 0.2) is 5.11 Å². The highest BCUT2D eigenvalue weighted by molar-refractivity contribution is 7.80. The fraction of sp³-hybridized carbons (Fsp3) is 0.200. The lowest BCUT2D eigenvalue weighted by Crippen LogP contribution is -2.48. The number of rotatable bonds is 8. The first-order valence-corrected chi connectivity index (χ1v) is 11.1.